The van der Waals surface area contributed by atoms with Crippen LogP contribution in [-0.4, -0.2) is 30.6 Å². The third-order valence-corrected chi connectivity index (χ3v) is 6.59. The molecule has 0 bridgehead atoms. The predicted octanol–water partition coefficient (Wildman–Crippen LogP) is 3.76. The largest absolute Gasteiger partial charge is 0.507 e. The first-order chi connectivity index (χ1) is 18.4. The van der Waals surface area contributed by atoms with Crippen molar-refractivity contribution in [1.29, 1.82) is 0 Å². The van der Waals surface area contributed by atoms with E-state index in [-0.39, 0.29) is 34.5 Å². The van der Waals surface area contributed by atoms with Crippen molar-refractivity contribution in [3.05, 3.63) is 103 Å². The molecule has 0 saturated carbocycles. The Morgan fingerprint density at radius 1 is 0.590 bits per heavy atom. The zero-order valence-electron chi connectivity index (χ0n) is 19.7. The Morgan fingerprint density at radius 2 is 0.974 bits per heavy atom. The minimum atomic E-state index is -2.07. The summed E-state index contributed by atoms with van der Waals surface area (Å²) in [5.74, 6) is -2.73. The molecule has 0 amide bonds. The molecule has 4 rings (SSSR count). The van der Waals surface area contributed by atoms with Gasteiger partial charge in [-0.1, -0.05) is 46.9 Å². The smallest absolute Gasteiger partial charge is 0.346 e. The second kappa shape index (κ2) is 10.6. The van der Waals surface area contributed by atoms with Crippen molar-refractivity contribution >= 4 is 46.9 Å². The Bertz CT molecular complexity index is 1620. The molecule has 39 heavy (non-hydrogen) atoms. The van der Waals surface area contributed by atoms with Crippen LogP contribution in [-0.2, 0) is 3.55 Å². The first-order valence-corrected chi connectivity index (χ1v) is 12.1. The molecule has 11 nitrogen and oxygen atoms in total. The number of nitrogens with two attached hydrogens (primary N) is 1. The molecule has 0 fully saturated rings. The molecule has 0 aliphatic carbocycles. The Hall–Kier alpha value is -4.69. The van der Waals surface area contributed by atoms with E-state index in [1.54, 1.807) is 0 Å². The highest BCUT2D eigenvalue weighted by molar-refractivity contribution is 14.1. The fraction of sp³-hybridized carbons (Fsp3) is 0.0370. The van der Waals surface area contributed by atoms with E-state index in [2.05, 4.69) is 0 Å². The van der Waals surface area contributed by atoms with Gasteiger partial charge in [0.25, 0.3) is 0 Å². The summed E-state index contributed by atoms with van der Waals surface area (Å²) in [5, 5.41) is 59.2. The fourth-order valence-electron chi connectivity index (χ4n) is 3.60. The van der Waals surface area contributed by atoms with Crippen molar-refractivity contribution < 1.29 is 39.5 Å². The van der Waals surface area contributed by atoms with Gasteiger partial charge in [0.15, 0.2) is 23.0 Å². The number of alkyl halides is 1. The van der Waals surface area contributed by atoms with E-state index in [0.29, 0.717) is 11.1 Å². The maximum absolute atomic E-state index is 12.8. The first-order valence-electron chi connectivity index (χ1n) is 11.0. The van der Waals surface area contributed by atoms with Gasteiger partial charge in [-0.3, -0.25) is 0 Å². The normalized spacial score (nSPS) is 11.9. The van der Waals surface area contributed by atoms with Crippen LogP contribution in [0.2, 0.25) is 0 Å². The maximum Gasteiger partial charge on any atom is 0.346 e. The standard InChI is InChI=1S/C27H20INO10/c28-27(29,23-21(34)11-15(38-25(23)36)5-1-13-3-7-17(30)19(32)9-13)24-22(35)12-16(39-26(24)37)6-2-14-4-8-18(31)20(33)10-14/h1-12,30-35H,29H2/b5-1+,6-2+. The van der Waals surface area contributed by atoms with Crippen molar-refractivity contribution in [3.63, 3.8) is 0 Å². The molecule has 0 radical (unpaired) electrons. The second-order valence-corrected chi connectivity index (χ2v) is 9.97. The molecule has 0 spiro atoms. The molecule has 0 unspecified atom stereocenters. The van der Waals surface area contributed by atoms with E-state index in [9.17, 15) is 40.2 Å². The topological polar surface area (TPSA) is 208 Å². The minimum absolute atomic E-state index is 0.0852. The monoisotopic (exact) mass is 645 g/mol. The van der Waals surface area contributed by atoms with E-state index >= 15 is 0 Å². The summed E-state index contributed by atoms with van der Waals surface area (Å²) in [6.07, 6.45) is 5.54. The Labute approximate surface area is 232 Å². The molecule has 0 aliphatic heterocycles. The highest BCUT2D eigenvalue weighted by Gasteiger charge is 2.39. The van der Waals surface area contributed by atoms with E-state index in [1.165, 1.54) is 83.3 Å². The summed E-state index contributed by atoms with van der Waals surface area (Å²) in [6, 6.07) is 10.2. The zero-order valence-corrected chi connectivity index (χ0v) is 21.9. The highest BCUT2D eigenvalue weighted by atomic mass is 127. The summed E-state index contributed by atoms with van der Waals surface area (Å²) in [6.45, 7) is 0. The predicted molar refractivity (Wildman–Crippen MR) is 150 cm³/mol. The fourth-order valence-corrected chi connectivity index (χ4v) is 4.60. The average Bonchev–Trinajstić information content (AvgIpc) is 2.84. The quantitative estimate of drug-likeness (QED) is 0.0695. The summed E-state index contributed by atoms with van der Waals surface area (Å²) in [7, 11) is 0. The van der Waals surface area contributed by atoms with Crippen LogP contribution in [0.5, 0.6) is 34.5 Å². The van der Waals surface area contributed by atoms with Gasteiger partial charge in [0.2, 0.25) is 0 Å². The molecule has 2 heterocycles. The average molecular weight is 645 g/mol. The van der Waals surface area contributed by atoms with Gasteiger partial charge >= 0.3 is 11.3 Å². The van der Waals surface area contributed by atoms with Crippen molar-refractivity contribution in [3.8, 4) is 34.5 Å². The third-order valence-electron chi connectivity index (χ3n) is 5.51. The van der Waals surface area contributed by atoms with Gasteiger partial charge in [0, 0.05) is 12.1 Å². The lowest BCUT2D eigenvalue weighted by molar-refractivity contribution is 0.403. The third kappa shape index (κ3) is 5.76. The van der Waals surface area contributed by atoms with Gasteiger partial charge in [-0.2, -0.15) is 0 Å². The summed E-state index contributed by atoms with van der Waals surface area (Å²) < 4.78 is 8.37. The summed E-state index contributed by atoms with van der Waals surface area (Å²) in [5.41, 5.74) is 3.96. The minimum Gasteiger partial charge on any atom is -0.507 e. The van der Waals surface area contributed by atoms with E-state index < -0.39 is 37.4 Å². The number of aromatic hydroxyl groups is 6. The second-order valence-electron chi connectivity index (χ2n) is 8.27. The molecular formula is C27H20INO10. The number of phenolic OH excluding ortho intramolecular Hbond substituents is 4. The van der Waals surface area contributed by atoms with Crippen molar-refractivity contribution in [1.82, 2.24) is 0 Å². The number of hydrogen-bond acceptors (Lipinski definition) is 11. The SMILES string of the molecule is NC(I)(c1c(O)cc(/C=C/c2ccc(O)c(O)c2)oc1=O)c1c(O)cc(/C=C/c2ccc(O)c(O)c2)oc1=O. The zero-order chi connectivity index (χ0) is 28.5. The number of halogens is 1. The molecule has 0 saturated heterocycles. The number of benzene rings is 2. The summed E-state index contributed by atoms with van der Waals surface area (Å²) in [4.78, 5) is 25.6. The molecule has 0 atom stereocenters. The van der Waals surface area contributed by atoms with Crippen molar-refractivity contribution in [2.75, 3.05) is 0 Å². The number of rotatable bonds is 6. The van der Waals surface area contributed by atoms with Gasteiger partial charge in [0.05, 0.1) is 0 Å². The Balaban J connectivity index is 1.66. The lowest BCUT2D eigenvalue weighted by atomic mass is 10.0. The van der Waals surface area contributed by atoms with Gasteiger partial charge in [0.1, 0.15) is 37.7 Å². The lowest BCUT2D eigenvalue weighted by Crippen LogP contribution is -2.39. The Kier molecular flexibility index (Phi) is 7.42. The molecular weight excluding hydrogens is 625 g/mol. The Morgan fingerprint density at radius 3 is 1.31 bits per heavy atom. The first kappa shape index (κ1) is 27.3. The van der Waals surface area contributed by atoms with E-state index in [4.69, 9.17) is 14.6 Å². The van der Waals surface area contributed by atoms with Crippen LogP contribution in [0, 0.1) is 0 Å². The summed E-state index contributed by atoms with van der Waals surface area (Å²) >= 11 is 1.51. The van der Waals surface area contributed by atoms with Crippen molar-refractivity contribution in [2.45, 2.75) is 3.55 Å². The van der Waals surface area contributed by atoms with E-state index in [1.807, 2.05) is 0 Å². The molecule has 2 aromatic heterocycles. The molecule has 4 aromatic rings. The van der Waals surface area contributed by atoms with Crippen LogP contribution in [0.4, 0.5) is 0 Å². The van der Waals surface area contributed by atoms with Gasteiger partial charge in [-0.15, -0.1) is 0 Å². The lowest BCUT2D eigenvalue weighted by Gasteiger charge is -2.22. The van der Waals surface area contributed by atoms with Crippen LogP contribution >= 0.6 is 22.6 Å². The molecule has 200 valence electrons. The molecule has 12 heteroatoms. The van der Waals surface area contributed by atoms with E-state index in [0.717, 1.165) is 12.1 Å². The van der Waals surface area contributed by atoms with Crippen LogP contribution in [0.25, 0.3) is 24.3 Å². The highest BCUT2D eigenvalue weighted by Crippen LogP contribution is 2.39. The van der Waals surface area contributed by atoms with Gasteiger partial charge < -0.3 is 45.2 Å². The number of phenols is 4. The van der Waals surface area contributed by atoms with Gasteiger partial charge in [-0.05, 0) is 47.5 Å². The van der Waals surface area contributed by atoms with Crippen LogP contribution in [0.1, 0.15) is 33.8 Å². The van der Waals surface area contributed by atoms with Crippen LogP contribution in [0.3, 0.4) is 0 Å². The van der Waals surface area contributed by atoms with Gasteiger partial charge in [-0.25, -0.2) is 9.59 Å². The molecule has 8 N–H and O–H groups in total. The molecule has 2 aromatic carbocycles. The maximum atomic E-state index is 12.8. The number of hydrogen-bond donors (Lipinski definition) is 7. The molecule has 0 aliphatic rings. The van der Waals surface area contributed by atoms with Crippen LogP contribution < -0.4 is 17.0 Å². The van der Waals surface area contributed by atoms with Crippen molar-refractivity contribution in [2.24, 2.45) is 5.73 Å². The van der Waals surface area contributed by atoms with Crippen LogP contribution in [0.15, 0.2) is 67.0 Å².